The molecule has 1 aromatic heterocycles. The number of esters is 1. The van der Waals surface area contributed by atoms with E-state index in [9.17, 15) is 4.79 Å². The van der Waals surface area contributed by atoms with Crippen molar-refractivity contribution in [3.8, 4) is 11.6 Å². The Balaban J connectivity index is 2.08. The quantitative estimate of drug-likeness (QED) is 0.826. The molecule has 0 unspecified atom stereocenters. The molecule has 0 fully saturated rings. The lowest BCUT2D eigenvalue weighted by Gasteiger charge is -2.16. The Kier molecular flexibility index (Phi) is 5.15. The normalized spacial score (nSPS) is 11.5. The summed E-state index contributed by atoms with van der Waals surface area (Å²) >= 11 is 0. The van der Waals surface area contributed by atoms with Crippen LogP contribution in [0.3, 0.4) is 0 Å². The van der Waals surface area contributed by atoms with Gasteiger partial charge >= 0.3 is 5.97 Å². The number of carbonyl (C=O) groups is 1. The smallest absolute Gasteiger partial charge is 0.328 e. The van der Waals surface area contributed by atoms with Gasteiger partial charge in [0.2, 0.25) is 5.88 Å². The third-order valence-electron chi connectivity index (χ3n) is 2.93. The van der Waals surface area contributed by atoms with Gasteiger partial charge in [-0.25, -0.2) is 9.78 Å². The van der Waals surface area contributed by atoms with Crippen molar-refractivity contribution >= 4 is 11.7 Å². The van der Waals surface area contributed by atoms with Crippen LogP contribution in [0.15, 0.2) is 48.7 Å². The van der Waals surface area contributed by atoms with E-state index in [1.807, 2.05) is 43.3 Å². The largest absolute Gasteiger partial charge is 0.467 e. The van der Waals surface area contributed by atoms with Gasteiger partial charge in [0, 0.05) is 24.0 Å². The molecule has 0 radical (unpaired) electrons. The van der Waals surface area contributed by atoms with Crippen LogP contribution in [0.1, 0.15) is 13.3 Å². The molecule has 2 rings (SSSR count). The van der Waals surface area contributed by atoms with E-state index < -0.39 is 0 Å². The first-order valence-corrected chi connectivity index (χ1v) is 6.76. The van der Waals surface area contributed by atoms with Gasteiger partial charge < -0.3 is 14.8 Å². The summed E-state index contributed by atoms with van der Waals surface area (Å²) in [5, 5.41) is 3.13. The number of nitrogens with one attached hydrogen (secondary N) is 1. The number of pyridine rings is 1. The van der Waals surface area contributed by atoms with Crippen molar-refractivity contribution in [3.63, 3.8) is 0 Å². The molecule has 0 aliphatic carbocycles. The number of carbonyl (C=O) groups excluding carboxylic acids is 1. The SMILES string of the molecule is CC[C@@H](Nc1cccc(Oc2ccccn2)c1)C(=O)OC. The summed E-state index contributed by atoms with van der Waals surface area (Å²) in [5.41, 5.74) is 0.792. The van der Waals surface area contributed by atoms with Gasteiger partial charge in [-0.2, -0.15) is 0 Å². The molecule has 0 saturated carbocycles. The number of rotatable bonds is 6. The van der Waals surface area contributed by atoms with Crippen molar-refractivity contribution in [3.05, 3.63) is 48.7 Å². The van der Waals surface area contributed by atoms with E-state index in [0.29, 0.717) is 18.1 Å². The molecule has 0 saturated heterocycles. The molecule has 1 N–H and O–H groups in total. The van der Waals surface area contributed by atoms with E-state index in [4.69, 9.17) is 9.47 Å². The van der Waals surface area contributed by atoms with Crippen LogP contribution in [0.25, 0.3) is 0 Å². The highest BCUT2D eigenvalue weighted by Crippen LogP contribution is 2.23. The first-order valence-electron chi connectivity index (χ1n) is 6.76. The summed E-state index contributed by atoms with van der Waals surface area (Å²) in [4.78, 5) is 15.7. The maximum atomic E-state index is 11.6. The average molecular weight is 286 g/mol. The second-order valence-corrected chi connectivity index (χ2v) is 4.43. The van der Waals surface area contributed by atoms with Crippen LogP contribution in [-0.4, -0.2) is 24.1 Å². The molecule has 5 nitrogen and oxygen atoms in total. The Labute approximate surface area is 123 Å². The third kappa shape index (κ3) is 4.21. The predicted octanol–water partition coefficient (Wildman–Crippen LogP) is 3.24. The standard InChI is InChI=1S/C16H18N2O3/c1-3-14(16(19)20-2)18-12-7-6-8-13(11-12)21-15-9-4-5-10-17-15/h4-11,14,18H,3H2,1-2H3/t14-/m1/s1. The average Bonchev–Trinajstić information content (AvgIpc) is 2.53. The van der Waals surface area contributed by atoms with Crippen molar-refractivity contribution in [1.82, 2.24) is 4.98 Å². The van der Waals surface area contributed by atoms with Crippen LogP contribution in [0.4, 0.5) is 5.69 Å². The summed E-state index contributed by atoms with van der Waals surface area (Å²) in [7, 11) is 1.38. The van der Waals surface area contributed by atoms with Crippen LogP contribution in [0.2, 0.25) is 0 Å². The molecule has 1 heterocycles. The van der Waals surface area contributed by atoms with Crippen molar-refractivity contribution in [2.45, 2.75) is 19.4 Å². The highest BCUT2D eigenvalue weighted by molar-refractivity contribution is 5.79. The van der Waals surface area contributed by atoms with Crippen molar-refractivity contribution < 1.29 is 14.3 Å². The minimum atomic E-state index is -0.375. The summed E-state index contributed by atoms with van der Waals surface area (Å²) in [6, 6.07) is 12.5. The molecule has 1 aromatic carbocycles. The zero-order chi connectivity index (χ0) is 15.1. The number of anilines is 1. The highest BCUT2D eigenvalue weighted by Gasteiger charge is 2.16. The first-order chi connectivity index (χ1) is 10.2. The zero-order valence-electron chi connectivity index (χ0n) is 12.1. The number of aromatic nitrogens is 1. The van der Waals surface area contributed by atoms with Crippen LogP contribution in [0.5, 0.6) is 11.6 Å². The fourth-order valence-corrected chi connectivity index (χ4v) is 1.85. The topological polar surface area (TPSA) is 60.5 Å². The zero-order valence-corrected chi connectivity index (χ0v) is 12.1. The Hall–Kier alpha value is -2.56. The Morgan fingerprint density at radius 1 is 1.29 bits per heavy atom. The summed E-state index contributed by atoms with van der Waals surface area (Å²) in [6.45, 7) is 1.92. The van der Waals surface area contributed by atoms with Gasteiger partial charge in [-0.05, 0) is 24.6 Å². The van der Waals surface area contributed by atoms with E-state index in [0.717, 1.165) is 5.69 Å². The molecule has 1 atom stereocenters. The second kappa shape index (κ2) is 7.28. The molecule has 5 heteroatoms. The summed E-state index contributed by atoms with van der Waals surface area (Å²) < 4.78 is 10.4. The van der Waals surface area contributed by atoms with Gasteiger partial charge in [0.25, 0.3) is 0 Å². The molecule has 0 spiro atoms. The number of nitrogens with zero attached hydrogens (tertiary/aromatic N) is 1. The van der Waals surface area contributed by atoms with Gasteiger partial charge in [0.15, 0.2) is 0 Å². The maximum absolute atomic E-state index is 11.6. The van der Waals surface area contributed by atoms with Gasteiger partial charge in [-0.1, -0.05) is 19.1 Å². The molecular formula is C16H18N2O3. The number of benzene rings is 1. The molecule has 2 aromatic rings. The van der Waals surface area contributed by atoms with Gasteiger partial charge in [-0.15, -0.1) is 0 Å². The lowest BCUT2D eigenvalue weighted by atomic mass is 10.2. The molecule has 0 aliphatic rings. The molecule has 21 heavy (non-hydrogen) atoms. The van der Waals surface area contributed by atoms with Crippen LogP contribution in [0, 0.1) is 0 Å². The van der Waals surface area contributed by atoms with E-state index in [2.05, 4.69) is 10.3 Å². The number of ether oxygens (including phenoxy) is 2. The molecular weight excluding hydrogens is 268 g/mol. The van der Waals surface area contributed by atoms with Gasteiger partial charge in [0.05, 0.1) is 7.11 Å². The Morgan fingerprint density at radius 2 is 2.14 bits per heavy atom. The molecule has 110 valence electrons. The van der Waals surface area contributed by atoms with E-state index >= 15 is 0 Å². The monoisotopic (exact) mass is 286 g/mol. The van der Waals surface area contributed by atoms with Crippen molar-refractivity contribution in [1.29, 1.82) is 0 Å². The van der Waals surface area contributed by atoms with E-state index in [1.165, 1.54) is 7.11 Å². The number of hydrogen-bond donors (Lipinski definition) is 1. The van der Waals surface area contributed by atoms with Crippen LogP contribution < -0.4 is 10.1 Å². The molecule has 0 aliphatic heterocycles. The minimum absolute atomic E-state index is 0.284. The number of hydrogen-bond acceptors (Lipinski definition) is 5. The maximum Gasteiger partial charge on any atom is 0.328 e. The van der Waals surface area contributed by atoms with Crippen LogP contribution in [-0.2, 0) is 9.53 Å². The molecule has 0 amide bonds. The van der Waals surface area contributed by atoms with Crippen molar-refractivity contribution in [2.75, 3.05) is 12.4 Å². The lowest BCUT2D eigenvalue weighted by Crippen LogP contribution is -2.29. The van der Waals surface area contributed by atoms with Crippen LogP contribution >= 0.6 is 0 Å². The lowest BCUT2D eigenvalue weighted by molar-refractivity contribution is -0.141. The number of methoxy groups -OCH3 is 1. The molecule has 0 bridgehead atoms. The highest BCUT2D eigenvalue weighted by atomic mass is 16.5. The van der Waals surface area contributed by atoms with Gasteiger partial charge in [-0.3, -0.25) is 0 Å². The van der Waals surface area contributed by atoms with E-state index in [1.54, 1.807) is 12.3 Å². The van der Waals surface area contributed by atoms with Gasteiger partial charge in [0.1, 0.15) is 11.8 Å². The fourth-order valence-electron chi connectivity index (χ4n) is 1.85. The summed E-state index contributed by atoms with van der Waals surface area (Å²) in [5.74, 6) is 0.890. The summed E-state index contributed by atoms with van der Waals surface area (Å²) in [6.07, 6.45) is 2.31. The predicted molar refractivity (Wildman–Crippen MR) is 80.5 cm³/mol. The Morgan fingerprint density at radius 3 is 2.81 bits per heavy atom. The third-order valence-corrected chi connectivity index (χ3v) is 2.93. The second-order valence-electron chi connectivity index (χ2n) is 4.43. The Bertz CT molecular complexity index is 587. The fraction of sp³-hybridized carbons (Fsp3) is 0.250. The first kappa shape index (κ1) is 14.8. The van der Waals surface area contributed by atoms with Crippen molar-refractivity contribution in [2.24, 2.45) is 0 Å². The minimum Gasteiger partial charge on any atom is -0.467 e. The van der Waals surface area contributed by atoms with E-state index in [-0.39, 0.29) is 12.0 Å².